The van der Waals surface area contributed by atoms with Gasteiger partial charge in [0.25, 0.3) is 5.69 Å². The van der Waals surface area contributed by atoms with Crippen LogP contribution in [0.15, 0.2) is 46.6 Å². The monoisotopic (exact) mass is 488 g/mol. The van der Waals surface area contributed by atoms with E-state index < -0.39 is 22.9 Å². The Bertz CT molecular complexity index is 1140. The first-order valence-corrected chi connectivity index (χ1v) is 12.1. The summed E-state index contributed by atoms with van der Waals surface area (Å²) in [4.78, 5) is 41.9. The Balaban J connectivity index is 1.33. The number of imidazole rings is 1. The number of fused-ring (bicyclic) bond motifs is 2. The molecule has 2 unspecified atom stereocenters. The second kappa shape index (κ2) is 8.50. The molecule has 1 aromatic carbocycles. The van der Waals surface area contributed by atoms with Gasteiger partial charge < -0.3 is 14.4 Å². The molecule has 1 amide bonds. The number of hydrogen-bond acceptors (Lipinski definition) is 9. The lowest BCUT2D eigenvalue weighted by Crippen LogP contribution is -2.60. The van der Waals surface area contributed by atoms with Crippen molar-refractivity contribution in [1.82, 2.24) is 14.5 Å². The van der Waals surface area contributed by atoms with E-state index in [2.05, 4.69) is 9.55 Å². The number of esters is 1. The Kier molecular flexibility index (Phi) is 5.67. The molecule has 0 bridgehead atoms. The highest BCUT2D eigenvalue weighted by Crippen LogP contribution is 2.55. The van der Waals surface area contributed by atoms with Gasteiger partial charge in [-0.25, -0.2) is 9.78 Å². The lowest BCUT2D eigenvalue weighted by Gasteiger charge is -2.43. The molecular weight excluding hydrogens is 468 g/mol. The number of nitro groups is 1. The van der Waals surface area contributed by atoms with Crippen LogP contribution in [0.25, 0.3) is 0 Å². The van der Waals surface area contributed by atoms with Gasteiger partial charge in [-0.05, 0) is 24.6 Å². The van der Waals surface area contributed by atoms with E-state index in [0.29, 0.717) is 9.80 Å². The zero-order valence-electron chi connectivity index (χ0n) is 17.5. The van der Waals surface area contributed by atoms with Crippen LogP contribution in [-0.2, 0) is 33.9 Å². The van der Waals surface area contributed by atoms with E-state index in [1.807, 2.05) is 6.20 Å². The topological polar surface area (TPSA) is 128 Å². The standard InChI is InChI=1S/C21H20N4O6S2/c1-11(26)16-18(27)24-17(20(28)31-10-12-2-4-13(5-3-12)25(29)30)21(33-19(16)24)32-14-8-15-22-6-7-23(15)9-14/h2-7,11,14,16,19,26H,8-10H2,1H3/t11?,14?,16-,19+/m0/s1. The van der Waals surface area contributed by atoms with E-state index >= 15 is 0 Å². The van der Waals surface area contributed by atoms with Gasteiger partial charge in [0.05, 0.1) is 21.2 Å². The zero-order valence-corrected chi connectivity index (χ0v) is 19.1. The van der Waals surface area contributed by atoms with Crippen LogP contribution in [0.1, 0.15) is 18.3 Å². The van der Waals surface area contributed by atoms with Crippen molar-refractivity contribution < 1.29 is 24.4 Å². The molecule has 0 saturated carbocycles. The maximum Gasteiger partial charge on any atom is 0.357 e. The molecule has 3 aliphatic heterocycles. The minimum atomic E-state index is -0.815. The number of carbonyl (C=O) groups excluding carboxylic acids is 2. The molecule has 33 heavy (non-hydrogen) atoms. The van der Waals surface area contributed by atoms with Crippen LogP contribution in [0.3, 0.4) is 0 Å². The lowest BCUT2D eigenvalue weighted by molar-refractivity contribution is -0.384. The average Bonchev–Trinajstić information content (AvgIpc) is 3.44. The van der Waals surface area contributed by atoms with E-state index in [0.717, 1.165) is 18.8 Å². The normalized spacial score (nSPS) is 24.4. The van der Waals surface area contributed by atoms with Gasteiger partial charge in [0.1, 0.15) is 17.8 Å². The van der Waals surface area contributed by atoms with E-state index in [9.17, 15) is 24.8 Å². The molecule has 4 atom stereocenters. The summed E-state index contributed by atoms with van der Waals surface area (Å²) >= 11 is 2.95. The van der Waals surface area contributed by atoms with Crippen LogP contribution in [0.4, 0.5) is 5.69 Å². The zero-order chi connectivity index (χ0) is 23.3. The summed E-state index contributed by atoms with van der Waals surface area (Å²) in [5.41, 5.74) is 0.765. The Morgan fingerprint density at radius 1 is 1.42 bits per heavy atom. The molecule has 4 heterocycles. The quantitative estimate of drug-likeness (QED) is 0.270. The van der Waals surface area contributed by atoms with Gasteiger partial charge >= 0.3 is 5.97 Å². The fraction of sp³-hybridized carbons (Fsp3) is 0.381. The summed E-state index contributed by atoms with van der Waals surface area (Å²) in [6.07, 6.45) is 3.62. The Morgan fingerprint density at radius 3 is 2.85 bits per heavy atom. The molecule has 1 aromatic heterocycles. The van der Waals surface area contributed by atoms with Crippen molar-refractivity contribution in [3.05, 3.63) is 68.1 Å². The van der Waals surface area contributed by atoms with Gasteiger partial charge in [-0.15, -0.1) is 11.8 Å². The molecule has 12 heteroatoms. The van der Waals surface area contributed by atoms with Crippen molar-refractivity contribution in [2.24, 2.45) is 5.92 Å². The number of nitro benzene ring substituents is 1. The Morgan fingerprint density at radius 2 is 2.18 bits per heavy atom. The van der Waals surface area contributed by atoms with E-state index in [1.54, 1.807) is 13.1 Å². The molecular formula is C21H20N4O6S2. The summed E-state index contributed by atoms with van der Waals surface area (Å²) < 4.78 is 8.27. The number of aliphatic hydroxyl groups excluding tert-OH is 1. The lowest BCUT2D eigenvalue weighted by atomic mass is 9.92. The van der Waals surface area contributed by atoms with Crippen LogP contribution >= 0.6 is 23.5 Å². The van der Waals surface area contributed by atoms with Gasteiger partial charge in [-0.3, -0.25) is 19.8 Å². The summed E-state index contributed by atoms with van der Waals surface area (Å²) in [5.74, 6) is -0.497. The fourth-order valence-electron chi connectivity index (χ4n) is 4.17. The molecule has 0 spiro atoms. The molecule has 0 radical (unpaired) electrons. The third kappa shape index (κ3) is 3.91. The number of non-ortho nitro benzene ring substituents is 1. The number of β-lactam (4-membered cyclic amide) rings is 1. The SMILES string of the molecule is CC(O)[C@H]1C(=O)N2C(C(=O)OCc3ccc([N+](=O)[O-])cc3)=C(SC3Cc4nccn4C3)S[C@H]12. The number of ether oxygens (including phenoxy) is 1. The molecule has 1 fully saturated rings. The smallest absolute Gasteiger partial charge is 0.357 e. The summed E-state index contributed by atoms with van der Waals surface area (Å²) in [6.45, 7) is 2.26. The number of rotatable bonds is 7. The maximum atomic E-state index is 13.1. The van der Waals surface area contributed by atoms with Crippen molar-refractivity contribution in [2.45, 2.75) is 43.2 Å². The third-order valence-electron chi connectivity index (χ3n) is 5.86. The number of nitrogens with zero attached hydrogens (tertiary/aromatic N) is 4. The number of thioether (sulfide) groups is 2. The van der Waals surface area contributed by atoms with Crippen molar-refractivity contribution in [2.75, 3.05) is 0 Å². The predicted molar refractivity (Wildman–Crippen MR) is 121 cm³/mol. The van der Waals surface area contributed by atoms with Gasteiger partial charge in [-0.1, -0.05) is 11.8 Å². The number of aliphatic hydroxyl groups is 1. The van der Waals surface area contributed by atoms with Crippen molar-refractivity contribution in [3.8, 4) is 0 Å². The first-order chi connectivity index (χ1) is 15.8. The van der Waals surface area contributed by atoms with Crippen LogP contribution in [-0.4, -0.2) is 53.1 Å². The van der Waals surface area contributed by atoms with Gasteiger partial charge in [0.15, 0.2) is 5.70 Å². The largest absolute Gasteiger partial charge is 0.456 e. The minimum absolute atomic E-state index is 0.0478. The number of amides is 1. The van der Waals surface area contributed by atoms with Crippen LogP contribution < -0.4 is 0 Å². The molecule has 0 aliphatic carbocycles. The van der Waals surface area contributed by atoms with Crippen LogP contribution in [0.5, 0.6) is 0 Å². The minimum Gasteiger partial charge on any atom is -0.456 e. The van der Waals surface area contributed by atoms with E-state index in [1.165, 1.54) is 52.7 Å². The fourth-order valence-corrected chi connectivity index (χ4v) is 7.48. The molecule has 10 nitrogen and oxygen atoms in total. The second-order valence-electron chi connectivity index (χ2n) is 8.06. The summed E-state index contributed by atoms with van der Waals surface area (Å²) in [5, 5.41) is 20.7. The van der Waals surface area contributed by atoms with E-state index in [-0.39, 0.29) is 34.5 Å². The Hall–Kier alpha value is -2.83. The molecule has 1 N–H and O–H groups in total. The Labute approximate surface area is 197 Å². The molecule has 2 aromatic rings. The highest BCUT2D eigenvalue weighted by Gasteiger charge is 2.58. The van der Waals surface area contributed by atoms with Gasteiger partial charge in [-0.2, -0.15) is 0 Å². The maximum absolute atomic E-state index is 13.1. The first-order valence-electron chi connectivity index (χ1n) is 10.3. The predicted octanol–water partition coefficient (Wildman–Crippen LogP) is 2.27. The summed E-state index contributed by atoms with van der Waals surface area (Å²) in [6, 6.07) is 5.75. The van der Waals surface area contributed by atoms with Crippen LogP contribution in [0, 0.1) is 16.0 Å². The van der Waals surface area contributed by atoms with Crippen LogP contribution in [0.2, 0.25) is 0 Å². The highest BCUT2D eigenvalue weighted by atomic mass is 32.2. The van der Waals surface area contributed by atoms with Crippen molar-refractivity contribution >= 4 is 41.1 Å². The molecule has 3 aliphatic rings. The molecule has 1 saturated heterocycles. The van der Waals surface area contributed by atoms with Crippen molar-refractivity contribution in [3.63, 3.8) is 0 Å². The number of aromatic nitrogens is 2. The third-order valence-corrected chi connectivity index (χ3v) is 8.65. The number of carbonyl (C=O) groups is 2. The van der Waals surface area contributed by atoms with E-state index in [4.69, 9.17) is 4.74 Å². The average molecular weight is 489 g/mol. The number of hydrogen-bond donors (Lipinski definition) is 1. The van der Waals surface area contributed by atoms with Crippen molar-refractivity contribution in [1.29, 1.82) is 0 Å². The second-order valence-corrected chi connectivity index (χ2v) is 10.8. The summed E-state index contributed by atoms with van der Waals surface area (Å²) in [7, 11) is 0. The molecule has 172 valence electrons. The van der Waals surface area contributed by atoms with Gasteiger partial charge in [0, 0.05) is 42.7 Å². The van der Waals surface area contributed by atoms with Gasteiger partial charge in [0.2, 0.25) is 5.91 Å². The molecule has 5 rings (SSSR count). The number of benzene rings is 1. The highest BCUT2D eigenvalue weighted by molar-refractivity contribution is 8.23. The first kappa shape index (κ1) is 22.0.